The normalized spacial score (nSPS) is 11.2. The molecule has 0 aliphatic carbocycles. The summed E-state index contributed by atoms with van der Waals surface area (Å²) in [5.41, 5.74) is 7.11. The first-order valence-electron chi connectivity index (χ1n) is 4.76. The Morgan fingerprint density at radius 2 is 2.12 bits per heavy atom. The van der Waals surface area contributed by atoms with Crippen molar-refractivity contribution in [2.75, 3.05) is 7.11 Å². The zero-order chi connectivity index (χ0) is 11.7. The van der Waals surface area contributed by atoms with Crippen molar-refractivity contribution in [1.82, 2.24) is 0 Å². The molecule has 0 aliphatic heterocycles. The number of hydrogen-bond acceptors (Lipinski definition) is 3. The molecule has 2 aromatic rings. The molecule has 0 aliphatic rings. The first-order chi connectivity index (χ1) is 7.69. The van der Waals surface area contributed by atoms with E-state index in [2.05, 4.69) is 0 Å². The van der Waals surface area contributed by atoms with Gasteiger partial charge in [-0.15, -0.1) is 0 Å². The molecule has 0 saturated carbocycles. The van der Waals surface area contributed by atoms with Crippen molar-refractivity contribution in [3.05, 3.63) is 33.5 Å². The largest absolute Gasteiger partial charge is 0.458 e. The smallest absolute Gasteiger partial charge is 0.154 e. The van der Waals surface area contributed by atoms with Gasteiger partial charge in [-0.1, -0.05) is 23.2 Å². The molecular weight excluding hydrogens is 249 g/mol. The number of ether oxygens (including phenoxy) is 1. The van der Waals surface area contributed by atoms with Crippen molar-refractivity contribution in [2.45, 2.75) is 13.2 Å². The van der Waals surface area contributed by atoms with Crippen LogP contribution in [0.15, 0.2) is 16.5 Å². The minimum Gasteiger partial charge on any atom is -0.458 e. The summed E-state index contributed by atoms with van der Waals surface area (Å²) in [5, 5.41) is 1.78. The van der Waals surface area contributed by atoms with E-state index in [1.807, 2.05) is 6.07 Å². The molecule has 0 atom stereocenters. The van der Waals surface area contributed by atoms with Crippen LogP contribution in [0.3, 0.4) is 0 Å². The Morgan fingerprint density at radius 3 is 2.75 bits per heavy atom. The van der Waals surface area contributed by atoms with E-state index >= 15 is 0 Å². The SMILES string of the molecule is COCc1c(CN)oc2c(Cl)c(Cl)ccc12. The molecule has 1 aromatic carbocycles. The number of fused-ring (bicyclic) bond motifs is 1. The standard InChI is InChI=1S/C11H11Cl2NO2/c1-15-5-7-6-2-3-8(12)10(13)11(6)16-9(7)4-14/h2-3H,4-5,14H2,1H3. The van der Waals surface area contributed by atoms with E-state index < -0.39 is 0 Å². The number of benzene rings is 1. The van der Waals surface area contributed by atoms with Gasteiger partial charge in [-0.3, -0.25) is 0 Å². The van der Waals surface area contributed by atoms with Crippen LogP contribution in [0.4, 0.5) is 0 Å². The van der Waals surface area contributed by atoms with E-state index in [9.17, 15) is 0 Å². The van der Waals surface area contributed by atoms with Gasteiger partial charge in [0.15, 0.2) is 5.58 Å². The summed E-state index contributed by atoms with van der Waals surface area (Å²) in [4.78, 5) is 0. The van der Waals surface area contributed by atoms with E-state index in [4.69, 9.17) is 38.1 Å². The predicted molar refractivity (Wildman–Crippen MR) is 64.8 cm³/mol. The highest BCUT2D eigenvalue weighted by Crippen LogP contribution is 2.35. The minimum absolute atomic E-state index is 0.307. The molecule has 3 nitrogen and oxygen atoms in total. The van der Waals surface area contributed by atoms with Crippen molar-refractivity contribution in [1.29, 1.82) is 0 Å². The Hall–Kier alpha value is -0.740. The van der Waals surface area contributed by atoms with E-state index in [1.54, 1.807) is 13.2 Å². The number of methoxy groups -OCH3 is 1. The van der Waals surface area contributed by atoms with Gasteiger partial charge in [0.2, 0.25) is 0 Å². The molecular formula is C11H11Cl2NO2. The molecule has 0 saturated heterocycles. The van der Waals surface area contributed by atoms with Crippen molar-refractivity contribution in [3.63, 3.8) is 0 Å². The van der Waals surface area contributed by atoms with E-state index in [0.29, 0.717) is 34.5 Å². The third-order valence-electron chi connectivity index (χ3n) is 2.41. The summed E-state index contributed by atoms with van der Waals surface area (Å²) in [6, 6.07) is 3.60. The summed E-state index contributed by atoms with van der Waals surface area (Å²) in [6.45, 7) is 0.749. The lowest BCUT2D eigenvalue weighted by Crippen LogP contribution is -1.99. The second-order valence-corrected chi connectivity index (χ2v) is 4.16. The van der Waals surface area contributed by atoms with Crippen LogP contribution in [-0.4, -0.2) is 7.11 Å². The molecule has 0 spiro atoms. The van der Waals surface area contributed by atoms with Crippen molar-refractivity contribution in [2.24, 2.45) is 5.73 Å². The molecule has 0 fully saturated rings. The van der Waals surface area contributed by atoms with Crippen LogP contribution in [0, 0.1) is 0 Å². The quantitative estimate of drug-likeness (QED) is 0.920. The average Bonchev–Trinajstić information content (AvgIpc) is 2.63. The first-order valence-corrected chi connectivity index (χ1v) is 5.52. The fraction of sp³-hybridized carbons (Fsp3) is 0.273. The van der Waals surface area contributed by atoms with Gasteiger partial charge in [0.05, 0.1) is 18.2 Å². The lowest BCUT2D eigenvalue weighted by molar-refractivity contribution is 0.184. The highest BCUT2D eigenvalue weighted by Gasteiger charge is 2.16. The molecule has 2 rings (SSSR count). The van der Waals surface area contributed by atoms with Crippen molar-refractivity contribution >= 4 is 34.2 Å². The van der Waals surface area contributed by atoms with Crippen LogP contribution in [0.1, 0.15) is 11.3 Å². The fourth-order valence-electron chi connectivity index (χ4n) is 1.67. The second-order valence-electron chi connectivity index (χ2n) is 3.38. The number of halogens is 2. The van der Waals surface area contributed by atoms with Crippen LogP contribution in [-0.2, 0) is 17.9 Å². The highest BCUT2D eigenvalue weighted by atomic mass is 35.5. The molecule has 2 N–H and O–H groups in total. The Morgan fingerprint density at radius 1 is 1.38 bits per heavy atom. The lowest BCUT2D eigenvalue weighted by Gasteiger charge is -1.99. The van der Waals surface area contributed by atoms with Crippen LogP contribution >= 0.6 is 23.2 Å². The molecule has 0 amide bonds. The molecule has 1 aromatic heterocycles. The Kier molecular flexibility index (Phi) is 3.40. The number of furan rings is 1. The van der Waals surface area contributed by atoms with Crippen molar-refractivity contribution in [3.8, 4) is 0 Å². The number of hydrogen-bond donors (Lipinski definition) is 1. The molecule has 0 unspecified atom stereocenters. The second kappa shape index (κ2) is 4.63. The van der Waals surface area contributed by atoms with Crippen LogP contribution < -0.4 is 5.73 Å². The van der Waals surface area contributed by atoms with Gasteiger partial charge in [0.1, 0.15) is 10.8 Å². The minimum atomic E-state index is 0.307. The molecule has 1 heterocycles. The zero-order valence-electron chi connectivity index (χ0n) is 8.72. The average molecular weight is 260 g/mol. The van der Waals surface area contributed by atoms with Crippen LogP contribution in [0.5, 0.6) is 0 Å². The van der Waals surface area contributed by atoms with Gasteiger partial charge >= 0.3 is 0 Å². The maximum Gasteiger partial charge on any atom is 0.154 e. The Bertz CT molecular complexity index is 522. The lowest BCUT2D eigenvalue weighted by atomic mass is 10.1. The topological polar surface area (TPSA) is 48.4 Å². The molecule has 5 heteroatoms. The maximum absolute atomic E-state index is 6.06. The Balaban J connectivity index is 2.72. The third-order valence-corrected chi connectivity index (χ3v) is 3.20. The predicted octanol–water partition coefficient (Wildman–Crippen LogP) is 3.34. The summed E-state index contributed by atoms with van der Waals surface area (Å²) < 4.78 is 10.7. The van der Waals surface area contributed by atoms with E-state index in [-0.39, 0.29) is 0 Å². The van der Waals surface area contributed by atoms with Gasteiger partial charge in [-0.2, -0.15) is 0 Å². The third kappa shape index (κ3) is 1.80. The van der Waals surface area contributed by atoms with E-state index in [1.165, 1.54) is 0 Å². The van der Waals surface area contributed by atoms with Crippen LogP contribution in [0.2, 0.25) is 10.0 Å². The molecule has 0 bridgehead atoms. The zero-order valence-corrected chi connectivity index (χ0v) is 10.2. The fourth-order valence-corrected chi connectivity index (χ4v) is 2.02. The van der Waals surface area contributed by atoms with E-state index in [0.717, 1.165) is 10.9 Å². The van der Waals surface area contributed by atoms with Gasteiger partial charge in [0, 0.05) is 18.1 Å². The Labute approximate surface area is 103 Å². The summed E-state index contributed by atoms with van der Waals surface area (Å²) >= 11 is 12.0. The number of nitrogens with two attached hydrogens (primary N) is 1. The van der Waals surface area contributed by atoms with Crippen LogP contribution in [0.25, 0.3) is 11.0 Å². The van der Waals surface area contributed by atoms with Gasteiger partial charge in [-0.25, -0.2) is 0 Å². The molecule has 0 radical (unpaired) electrons. The number of rotatable bonds is 3. The van der Waals surface area contributed by atoms with Gasteiger partial charge in [-0.05, 0) is 12.1 Å². The highest BCUT2D eigenvalue weighted by molar-refractivity contribution is 6.44. The summed E-state index contributed by atoms with van der Waals surface area (Å²) in [6.07, 6.45) is 0. The van der Waals surface area contributed by atoms with Gasteiger partial charge < -0.3 is 14.9 Å². The summed E-state index contributed by atoms with van der Waals surface area (Å²) in [7, 11) is 1.62. The summed E-state index contributed by atoms with van der Waals surface area (Å²) in [5.74, 6) is 0.681. The molecule has 86 valence electrons. The van der Waals surface area contributed by atoms with Crippen molar-refractivity contribution < 1.29 is 9.15 Å². The molecule has 16 heavy (non-hydrogen) atoms. The maximum atomic E-state index is 6.06. The van der Waals surface area contributed by atoms with Gasteiger partial charge in [0.25, 0.3) is 0 Å². The first kappa shape index (κ1) is 11.7. The monoisotopic (exact) mass is 259 g/mol.